The minimum atomic E-state index is -0.995. The fourth-order valence-corrected chi connectivity index (χ4v) is 3.89. The van der Waals surface area contributed by atoms with Crippen molar-refractivity contribution in [1.29, 1.82) is 0 Å². The van der Waals surface area contributed by atoms with E-state index in [1.54, 1.807) is 84.9 Å². The average Bonchev–Trinajstić information content (AvgIpc) is 2.94. The van der Waals surface area contributed by atoms with Crippen molar-refractivity contribution in [3.63, 3.8) is 0 Å². The number of carboxylic acids is 3. The minimum Gasteiger partial charge on any atom is -0.478 e. The van der Waals surface area contributed by atoms with Crippen molar-refractivity contribution < 1.29 is 39.2 Å². The minimum absolute atomic E-state index is 0.143. The van der Waals surface area contributed by atoms with Gasteiger partial charge in [-0.05, 0) is 87.1 Å². The number of hydrogen-bond donors (Lipinski definition) is 3. The number of benzene rings is 4. The molecule has 3 N–H and O–H groups in total. The number of aromatic carboxylic acids is 3. The van der Waals surface area contributed by atoms with E-state index >= 15 is 0 Å². The quantitative estimate of drug-likeness (QED) is 0.143. The van der Waals surface area contributed by atoms with Crippen LogP contribution in [0.5, 0.6) is 0 Å². The molecule has 0 aliphatic heterocycles. The molecule has 0 amide bonds. The molecule has 8 nitrogen and oxygen atoms in total. The van der Waals surface area contributed by atoms with Gasteiger partial charge in [-0.15, -0.1) is 0 Å². The fraction of sp³-hybridized carbons (Fsp3) is 0.0345. The van der Waals surface area contributed by atoms with E-state index in [1.165, 1.54) is 13.2 Å². The lowest BCUT2D eigenvalue weighted by atomic mass is 10.2. The Labute approximate surface area is 257 Å². The molecule has 0 radical (unpaired) electrons. The highest BCUT2D eigenvalue weighted by atomic mass is 127. The second kappa shape index (κ2) is 18.5. The van der Waals surface area contributed by atoms with E-state index < -0.39 is 17.9 Å². The molecule has 0 atom stereocenters. The summed E-state index contributed by atoms with van der Waals surface area (Å²) < 4.78 is 5.88. The molecule has 0 unspecified atom stereocenters. The monoisotopic (exact) mass is 740 g/mol. The second-order valence-electron chi connectivity index (χ2n) is 7.21. The molecular formula is C29H23BrClIO8. The summed E-state index contributed by atoms with van der Waals surface area (Å²) in [6, 6.07) is 28.8. The summed E-state index contributed by atoms with van der Waals surface area (Å²) in [5.41, 5.74) is 1.39. The number of ether oxygens (including phenoxy) is 1. The van der Waals surface area contributed by atoms with Crippen LogP contribution >= 0.6 is 50.1 Å². The van der Waals surface area contributed by atoms with Gasteiger partial charge in [0.1, 0.15) is 0 Å². The molecule has 4 aromatic rings. The second-order valence-corrected chi connectivity index (χ2v) is 9.64. The zero-order valence-electron chi connectivity index (χ0n) is 20.8. The van der Waals surface area contributed by atoms with Crippen LogP contribution in [0.2, 0.25) is 5.02 Å². The van der Waals surface area contributed by atoms with Gasteiger partial charge in [-0.2, -0.15) is 0 Å². The van der Waals surface area contributed by atoms with Gasteiger partial charge < -0.3 is 20.1 Å². The summed E-state index contributed by atoms with van der Waals surface area (Å²) in [6.45, 7) is 0. The van der Waals surface area contributed by atoms with E-state index in [-0.39, 0.29) is 16.6 Å². The molecule has 40 heavy (non-hydrogen) atoms. The van der Waals surface area contributed by atoms with E-state index in [9.17, 15) is 19.2 Å². The van der Waals surface area contributed by atoms with E-state index in [0.717, 1.165) is 3.57 Å². The van der Waals surface area contributed by atoms with Gasteiger partial charge in [0.15, 0.2) is 0 Å². The third kappa shape index (κ3) is 12.4. The molecule has 0 bridgehead atoms. The van der Waals surface area contributed by atoms with Crippen LogP contribution < -0.4 is 0 Å². The highest BCUT2D eigenvalue weighted by Crippen LogP contribution is 2.15. The average molecular weight is 742 g/mol. The Kier molecular flexibility index (Phi) is 15.9. The van der Waals surface area contributed by atoms with Gasteiger partial charge in [-0.3, -0.25) is 0 Å². The van der Waals surface area contributed by atoms with Gasteiger partial charge in [0.25, 0.3) is 0 Å². The van der Waals surface area contributed by atoms with Crippen LogP contribution in [0.4, 0.5) is 0 Å². The fourth-order valence-electron chi connectivity index (χ4n) is 2.60. The molecule has 4 aromatic carbocycles. The maximum Gasteiger partial charge on any atom is 0.337 e. The lowest BCUT2D eigenvalue weighted by Crippen LogP contribution is -1.99. The normalized spacial score (nSPS) is 9.20. The van der Waals surface area contributed by atoms with Gasteiger partial charge in [0.05, 0.1) is 34.4 Å². The molecule has 0 aromatic heterocycles. The molecule has 0 saturated heterocycles. The number of carbonyl (C=O) groups is 4. The van der Waals surface area contributed by atoms with Crippen molar-refractivity contribution in [2.75, 3.05) is 7.11 Å². The Morgan fingerprint density at radius 2 is 1.07 bits per heavy atom. The van der Waals surface area contributed by atoms with Crippen LogP contribution in [-0.2, 0) is 4.74 Å². The lowest BCUT2D eigenvalue weighted by Gasteiger charge is -1.95. The largest absolute Gasteiger partial charge is 0.478 e. The van der Waals surface area contributed by atoms with E-state index in [1.807, 2.05) is 34.7 Å². The number of halogens is 3. The maximum absolute atomic E-state index is 10.8. The van der Waals surface area contributed by atoms with Crippen LogP contribution in [0.15, 0.2) is 108 Å². The number of carbonyl (C=O) groups excluding carboxylic acids is 1. The third-order valence-corrected chi connectivity index (χ3v) is 6.47. The first kappa shape index (κ1) is 34.3. The zero-order chi connectivity index (χ0) is 30.1. The van der Waals surface area contributed by atoms with Crippen molar-refractivity contribution in [2.45, 2.75) is 0 Å². The molecule has 0 spiro atoms. The number of carboxylic acid groups (broad SMARTS) is 3. The first-order valence-electron chi connectivity index (χ1n) is 11.1. The summed E-state index contributed by atoms with van der Waals surface area (Å²) in [5.74, 6) is -3.07. The summed E-state index contributed by atoms with van der Waals surface area (Å²) >= 11 is 10.6. The van der Waals surface area contributed by atoms with Gasteiger partial charge >= 0.3 is 23.9 Å². The Balaban J connectivity index is 0.000000267. The first-order valence-corrected chi connectivity index (χ1v) is 13.3. The van der Waals surface area contributed by atoms with Crippen molar-refractivity contribution in [2.24, 2.45) is 0 Å². The lowest BCUT2D eigenvalue weighted by molar-refractivity contribution is 0.0598. The number of hydrogen-bond acceptors (Lipinski definition) is 5. The van der Waals surface area contributed by atoms with Crippen LogP contribution in [0.1, 0.15) is 41.4 Å². The Morgan fingerprint density at radius 3 is 1.45 bits per heavy atom. The van der Waals surface area contributed by atoms with Gasteiger partial charge in [0.2, 0.25) is 0 Å². The standard InChI is InChI=1S/C8H8O2.C7H5BrO2.C7H5ClO2.C7H5IO2/c1-10-8(9)7-5-3-2-4-6-7;3*8-6-4-2-1-3-5(6)7(9)10/h2-6H,1H3;3*1-4H,(H,9,10). The summed E-state index contributed by atoms with van der Waals surface area (Å²) in [4.78, 5) is 41.9. The highest BCUT2D eigenvalue weighted by Gasteiger charge is 2.06. The number of esters is 1. The first-order chi connectivity index (χ1) is 19.0. The molecule has 0 saturated carbocycles. The topological polar surface area (TPSA) is 138 Å². The molecule has 0 fully saturated rings. The van der Waals surface area contributed by atoms with Crippen LogP contribution in [0.25, 0.3) is 0 Å². The van der Waals surface area contributed by atoms with Crippen molar-refractivity contribution in [3.8, 4) is 0 Å². The number of methoxy groups -OCH3 is 1. The predicted molar refractivity (Wildman–Crippen MR) is 163 cm³/mol. The van der Waals surface area contributed by atoms with E-state index in [2.05, 4.69) is 20.7 Å². The Hall–Kier alpha value is -3.74. The van der Waals surface area contributed by atoms with Crippen molar-refractivity contribution in [3.05, 3.63) is 138 Å². The molecular weight excluding hydrogens is 719 g/mol. The Morgan fingerprint density at radius 1 is 0.650 bits per heavy atom. The summed E-state index contributed by atoms with van der Waals surface area (Å²) in [6.07, 6.45) is 0. The molecule has 11 heteroatoms. The molecule has 0 aliphatic rings. The van der Waals surface area contributed by atoms with E-state index in [0.29, 0.717) is 21.2 Å². The smallest absolute Gasteiger partial charge is 0.337 e. The summed E-state index contributed by atoms with van der Waals surface area (Å²) in [5, 5.41) is 25.9. The summed E-state index contributed by atoms with van der Waals surface area (Å²) in [7, 11) is 1.37. The van der Waals surface area contributed by atoms with Crippen LogP contribution in [0.3, 0.4) is 0 Å². The SMILES string of the molecule is COC(=O)c1ccccc1.O=C(O)c1ccccc1Br.O=C(O)c1ccccc1Cl.O=C(O)c1ccccc1I. The van der Waals surface area contributed by atoms with Gasteiger partial charge in [-0.25, -0.2) is 19.2 Å². The van der Waals surface area contributed by atoms with E-state index in [4.69, 9.17) is 26.9 Å². The molecule has 0 heterocycles. The van der Waals surface area contributed by atoms with Gasteiger partial charge in [0, 0.05) is 8.04 Å². The molecule has 208 valence electrons. The number of rotatable bonds is 4. The molecule has 0 aliphatic carbocycles. The van der Waals surface area contributed by atoms with Gasteiger partial charge in [-0.1, -0.05) is 66.2 Å². The maximum atomic E-state index is 10.8. The van der Waals surface area contributed by atoms with Crippen LogP contribution in [0, 0.1) is 3.57 Å². The Bertz CT molecular complexity index is 1300. The van der Waals surface area contributed by atoms with Crippen LogP contribution in [-0.4, -0.2) is 46.3 Å². The zero-order valence-corrected chi connectivity index (χ0v) is 25.3. The van der Waals surface area contributed by atoms with Crippen molar-refractivity contribution >= 4 is 74.0 Å². The third-order valence-electron chi connectivity index (χ3n) is 4.51. The predicted octanol–water partition coefficient (Wildman–Crippen LogP) is 7.65. The molecule has 4 rings (SSSR count). The highest BCUT2D eigenvalue weighted by molar-refractivity contribution is 14.1. The van der Waals surface area contributed by atoms with Crippen molar-refractivity contribution in [1.82, 2.24) is 0 Å².